The molecule has 1 aromatic carbocycles. The van der Waals surface area contributed by atoms with Gasteiger partial charge in [0.05, 0.1) is 0 Å². The van der Waals surface area contributed by atoms with Crippen molar-refractivity contribution in [3.05, 3.63) is 35.4 Å². The summed E-state index contributed by atoms with van der Waals surface area (Å²) in [6, 6.07) is 7.40. The monoisotopic (exact) mass is 264 g/mol. The second-order valence-corrected chi connectivity index (χ2v) is 4.37. The van der Waals surface area contributed by atoms with E-state index >= 15 is 0 Å². The SMILES string of the molecule is Cc1ccc(C(=O)NCCNCCCC(=O)O)cc1. The lowest BCUT2D eigenvalue weighted by Gasteiger charge is -2.06. The molecule has 5 nitrogen and oxygen atoms in total. The first-order chi connectivity index (χ1) is 9.09. The molecular weight excluding hydrogens is 244 g/mol. The van der Waals surface area contributed by atoms with E-state index in [1.165, 1.54) is 0 Å². The molecule has 1 amide bonds. The third kappa shape index (κ3) is 6.57. The summed E-state index contributed by atoms with van der Waals surface area (Å²) < 4.78 is 0. The Morgan fingerprint density at radius 2 is 1.79 bits per heavy atom. The zero-order valence-electron chi connectivity index (χ0n) is 11.1. The van der Waals surface area contributed by atoms with Crippen molar-refractivity contribution in [3.63, 3.8) is 0 Å². The minimum absolute atomic E-state index is 0.0904. The number of carboxylic acids is 1. The maximum absolute atomic E-state index is 11.7. The largest absolute Gasteiger partial charge is 0.481 e. The van der Waals surface area contributed by atoms with E-state index in [1.54, 1.807) is 12.1 Å². The van der Waals surface area contributed by atoms with Crippen LogP contribution in [0.1, 0.15) is 28.8 Å². The highest BCUT2D eigenvalue weighted by atomic mass is 16.4. The topological polar surface area (TPSA) is 78.4 Å². The molecule has 0 heterocycles. The van der Waals surface area contributed by atoms with Gasteiger partial charge in [0, 0.05) is 25.1 Å². The first kappa shape index (κ1) is 15.2. The number of amides is 1. The lowest BCUT2D eigenvalue weighted by atomic mass is 10.1. The molecule has 0 saturated carbocycles. The third-order valence-electron chi connectivity index (χ3n) is 2.65. The van der Waals surface area contributed by atoms with Gasteiger partial charge < -0.3 is 15.7 Å². The van der Waals surface area contributed by atoms with E-state index in [9.17, 15) is 9.59 Å². The number of hydrogen-bond donors (Lipinski definition) is 3. The second-order valence-electron chi connectivity index (χ2n) is 4.37. The Hall–Kier alpha value is -1.88. The molecule has 0 spiro atoms. The molecule has 0 unspecified atom stereocenters. The predicted octanol–water partition coefficient (Wildman–Crippen LogP) is 1.18. The van der Waals surface area contributed by atoms with E-state index in [0.717, 1.165) is 5.56 Å². The second kappa shape index (κ2) is 8.26. The van der Waals surface area contributed by atoms with Crippen molar-refractivity contribution in [1.82, 2.24) is 10.6 Å². The molecule has 0 aliphatic heterocycles. The van der Waals surface area contributed by atoms with Gasteiger partial charge in [0.25, 0.3) is 5.91 Å². The van der Waals surface area contributed by atoms with Crippen molar-refractivity contribution < 1.29 is 14.7 Å². The van der Waals surface area contributed by atoms with Crippen LogP contribution < -0.4 is 10.6 Å². The van der Waals surface area contributed by atoms with Crippen molar-refractivity contribution >= 4 is 11.9 Å². The van der Waals surface area contributed by atoms with Gasteiger partial charge in [-0.05, 0) is 32.0 Å². The van der Waals surface area contributed by atoms with Crippen molar-refractivity contribution in [1.29, 1.82) is 0 Å². The highest BCUT2D eigenvalue weighted by molar-refractivity contribution is 5.94. The van der Waals surface area contributed by atoms with Crippen LogP contribution >= 0.6 is 0 Å². The van der Waals surface area contributed by atoms with Crippen LogP contribution in [0, 0.1) is 6.92 Å². The van der Waals surface area contributed by atoms with Crippen LogP contribution in [0.2, 0.25) is 0 Å². The molecule has 5 heteroatoms. The number of rotatable bonds is 8. The van der Waals surface area contributed by atoms with Crippen LogP contribution in [0.3, 0.4) is 0 Å². The van der Waals surface area contributed by atoms with Gasteiger partial charge in [-0.3, -0.25) is 9.59 Å². The van der Waals surface area contributed by atoms with E-state index in [1.807, 2.05) is 19.1 Å². The zero-order chi connectivity index (χ0) is 14.1. The standard InChI is InChI=1S/C14H20N2O3/c1-11-4-6-12(7-5-11)14(19)16-10-9-15-8-2-3-13(17)18/h4-7,15H,2-3,8-10H2,1H3,(H,16,19)(H,17,18). The first-order valence-corrected chi connectivity index (χ1v) is 6.37. The summed E-state index contributed by atoms with van der Waals surface area (Å²) in [4.78, 5) is 22.0. The molecule has 0 saturated heterocycles. The Morgan fingerprint density at radius 1 is 1.11 bits per heavy atom. The van der Waals surface area contributed by atoms with E-state index in [2.05, 4.69) is 10.6 Å². The summed E-state index contributed by atoms with van der Waals surface area (Å²) in [5.74, 6) is -0.873. The fourth-order valence-electron chi connectivity index (χ4n) is 1.56. The molecule has 0 radical (unpaired) electrons. The minimum atomic E-state index is -0.783. The van der Waals surface area contributed by atoms with Gasteiger partial charge in [-0.1, -0.05) is 17.7 Å². The lowest BCUT2D eigenvalue weighted by Crippen LogP contribution is -2.32. The Morgan fingerprint density at radius 3 is 2.42 bits per heavy atom. The Kier molecular flexibility index (Phi) is 6.60. The van der Waals surface area contributed by atoms with Crippen LogP contribution in [-0.4, -0.2) is 36.6 Å². The minimum Gasteiger partial charge on any atom is -0.481 e. The smallest absolute Gasteiger partial charge is 0.303 e. The van der Waals surface area contributed by atoms with Gasteiger partial charge in [0.2, 0.25) is 0 Å². The van der Waals surface area contributed by atoms with Gasteiger partial charge in [-0.15, -0.1) is 0 Å². The van der Waals surface area contributed by atoms with Crippen LogP contribution in [0.4, 0.5) is 0 Å². The molecule has 1 rings (SSSR count). The molecule has 1 aromatic rings. The number of hydrogen-bond acceptors (Lipinski definition) is 3. The average molecular weight is 264 g/mol. The van der Waals surface area contributed by atoms with Gasteiger partial charge >= 0.3 is 5.97 Å². The summed E-state index contributed by atoms with van der Waals surface area (Å²) in [5.41, 5.74) is 1.77. The number of carbonyl (C=O) groups is 2. The fraction of sp³-hybridized carbons (Fsp3) is 0.429. The molecule has 0 aromatic heterocycles. The third-order valence-corrected chi connectivity index (χ3v) is 2.65. The summed E-state index contributed by atoms with van der Waals surface area (Å²) in [6.45, 7) is 3.78. The van der Waals surface area contributed by atoms with Gasteiger partial charge in [-0.2, -0.15) is 0 Å². The highest BCUT2D eigenvalue weighted by Gasteiger charge is 2.03. The molecular formula is C14H20N2O3. The van der Waals surface area contributed by atoms with E-state index in [0.29, 0.717) is 31.6 Å². The average Bonchev–Trinajstić information content (AvgIpc) is 2.38. The molecule has 0 aliphatic rings. The maximum atomic E-state index is 11.7. The van der Waals surface area contributed by atoms with Crippen molar-refractivity contribution in [2.75, 3.05) is 19.6 Å². The molecule has 0 aliphatic carbocycles. The van der Waals surface area contributed by atoms with E-state index < -0.39 is 5.97 Å². The molecule has 0 atom stereocenters. The maximum Gasteiger partial charge on any atom is 0.303 e. The van der Waals surface area contributed by atoms with Crippen LogP contribution in [-0.2, 0) is 4.79 Å². The molecule has 3 N–H and O–H groups in total. The summed E-state index contributed by atoms with van der Waals surface area (Å²) in [7, 11) is 0. The van der Waals surface area contributed by atoms with Crippen molar-refractivity contribution in [2.24, 2.45) is 0 Å². The van der Waals surface area contributed by atoms with E-state index in [-0.39, 0.29) is 12.3 Å². The molecule has 0 fully saturated rings. The normalized spacial score (nSPS) is 10.2. The quantitative estimate of drug-likeness (QED) is 0.616. The zero-order valence-corrected chi connectivity index (χ0v) is 11.1. The number of aryl methyl sites for hydroxylation is 1. The fourth-order valence-corrected chi connectivity index (χ4v) is 1.56. The number of aliphatic carboxylic acids is 1. The number of benzene rings is 1. The van der Waals surface area contributed by atoms with Crippen molar-refractivity contribution in [3.8, 4) is 0 Å². The van der Waals surface area contributed by atoms with E-state index in [4.69, 9.17) is 5.11 Å². The first-order valence-electron chi connectivity index (χ1n) is 6.37. The van der Waals surface area contributed by atoms with Crippen LogP contribution in [0.15, 0.2) is 24.3 Å². The Balaban J connectivity index is 2.11. The van der Waals surface area contributed by atoms with Crippen LogP contribution in [0.25, 0.3) is 0 Å². The molecule has 0 bridgehead atoms. The number of nitrogens with one attached hydrogen (secondary N) is 2. The van der Waals surface area contributed by atoms with Crippen molar-refractivity contribution in [2.45, 2.75) is 19.8 Å². The summed E-state index contributed by atoms with van der Waals surface area (Å²) in [5, 5.41) is 14.3. The lowest BCUT2D eigenvalue weighted by molar-refractivity contribution is -0.137. The highest BCUT2D eigenvalue weighted by Crippen LogP contribution is 2.02. The van der Waals surface area contributed by atoms with Crippen LogP contribution in [0.5, 0.6) is 0 Å². The number of carboxylic acid groups (broad SMARTS) is 1. The Bertz CT molecular complexity index is 415. The summed E-state index contributed by atoms with van der Waals surface area (Å²) in [6.07, 6.45) is 0.768. The van der Waals surface area contributed by atoms with Gasteiger partial charge in [-0.25, -0.2) is 0 Å². The number of carbonyl (C=O) groups excluding carboxylic acids is 1. The predicted molar refractivity (Wildman–Crippen MR) is 73.3 cm³/mol. The summed E-state index contributed by atoms with van der Waals surface area (Å²) >= 11 is 0. The Labute approximate surface area is 113 Å². The molecule has 19 heavy (non-hydrogen) atoms. The van der Waals surface area contributed by atoms with Gasteiger partial charge in [0.15, 0.2) is 0 Å². The molecule has 104 valence electrons. The van der Waals surface area contributed by atoms with Gasteiger partial charge in [0.1, 0.15) is 0 Å².